The molecule has 2 heterocycles. The molecule has 0 spiro atoms. The zero-order valence-electron chi connectivity index (χ0n) is 20.0. The van der Waals surface area contributed by atoms with Crippen molar-refractivity contribution in [3.05, 3.63) is 30.4 Å². The minimum Gasteiger partial charge on any atom is -0.350 e. The average Bonchev–Trinajstić information content (AvgIpc) is 3.59. The van der Waals surface area contributed by atoms with Crippen molar-refractivity contribution in [1.82, 2.24) is 10.3 Å². The normalized spacial score (nSPS) is 39.6. The van der Waals surface area contributed by atoms with E-state index >= 15 is 0 Å². The number of imide groups is 1. The Labute approximate surface area is 218 Å². The van der Waals surface area contributed by atoms with Crippen LogP contribution in [0.25, 0.3) is 10.2 Å². The third kappa shape index (κ3) is 3.22. The number of rotatable bonds is 5. The lowest BCUT2D eigenvalue weighted by molar-refractivity contribution is -0.125. The van der Waals surface area contributed by atoms with E-state index in [1.165, 1.54) is 47.3 Å². The van der Waals surface area contributed by atoms with Crippen molar-refractivity contribution in [1.29, 1.82) is 0 Å². The van der Waals surface area contributed by atoms with Gasteiger partial charge in [-0.25, -0.2) is 9.88 Å². The Morgan fingerprint density at radius 3 is 2.28 bits per heavy atom. The third-order valence-electron chi connectivity index (χ3n) is 9.85. The molecular formula is C28H29N3O3S2. The Balaban J connectivity index is 0.961. The summed E-state index contributed by atoms with van der Waals surface area (Å²) in [6, 6.07) is 5.64. The highest BCUT2D eigenvalue weighted by atomic mass is 32.2. The summed E-state index contributed by atoms with van der Waals surface area (Å²) in [5.74, 6) is 2.84. The molecule has 6 bridgehead atoms. The molecule has 0 radical (unpaired) electrons. The molecular weight excluding hydrogens is 490 g/mol. The zero-order chi connectivity index (χ0) is 24.2. The minimum absolute atomic E-state index is 0.0387. The number of thioether (sulfide) groups is 1. The van der Waals surface area contributed by atoms with Crippen molar-refractivity contribution >= 4 is 56.7 Å². The van der Waals surface area contributed by atoms with Crippen LogP contribution in [0.1, 0.15) is 44.9 Å². The first-order valence-electron chi connectivity index (χ1n) is 13.4. The van der Waals surface area contributed by atoms with Crippen LogP contribution in [-0.2, 0) is 14.4 Å². The number of nitrogens with zero attached hydrogens (tertiary/aromatic N) is 2. The van der Waals surface area contributed by atoms with E-state index in [1.807, 2.05) is 18.2 Å². The Hall–Kier alpha value is -2.19. The van der Waals surface area contributed by atoms with Gasteiger partial charge in [0.1, 0.15) is 0 Å². The molecule has 1 aromatic carbocycles. The van der Waals surface area contributed by atoms with Crippen LogP contribution < -0.4 is 10.2 Å². The number of amides is 3. The number of hydrogen-bond donors (Lipinski definition) is 1. The van der Waals surface area contributed by atoms with Crippen LogP contribution in [0.4, 0.5) is 5.69 Å². The van der Waals surface area contributed by atoms with Gasteiger partial charge in [0, 0.05) is 5.54 Å². The van der Waals surface area contributed by atoms with Gasteiger partial charge in [-0.3, -0.25) is 14.4 Å². The fourth-order valence-corrected chi connectivity index (χ4v) is 10.9. The smallest absolute Gasteiger partial charge is 0.238 e. The molecule has 4 atom stereocenters. The van der Waals surface area contributed by atoms with Crippen LogP contribution in [0.2, 0.25) is 0 Å². The molecule has 0 unspecified atom stereocenters. The van der Waals surface area contributed by atoms with E-state index in [-0.39, 0.29) is 46.9 Å². The third-order valence-corrected chi connectivity index (χ3v) is 12.0. The molecule has 9 rings (SSSR count). The maximum absolute atomic E-state index is 13.2. The molecule has 3 amide bonds. The van der Waals surface area contributed by atoms with Crippen molar-refractivity contribution in [3.8, 4) is 0 Å². The summed E-state index contributed by atoms with van der Waals surface area (Å²) in [7, 11) is 0. The lowest BCUT2D eigenvalue weighted by Crippen LogP contribution is -2.60. The van der Waals surface area contributed by atoms with Crippen LogP contribution >= 0.6 is 23.1 Å². The van der Waals surface area contributed by atoms with Gasteiger partial charge in [-0.2, -0.15) is 0 Å². The standard InChI is InChI=1S/C28H29N3O3S2/c32-22(30-28-10-14-5-15(11-28)7-16(6-14)12-28)13-35-27-29-20-4-3-19(9-21(20)36-27)31-25(33)23-17-1-2-18(8-17)24(23)26(31)34/h1-4,9,14-18,23-24H,5-8,10-13H2,(H,30,32)/t14?,15?,16?,17-,18-,23-,24+,28?/m0/s1. The second-order valence-corrected chi connectivity index (χ2v) is 14.4. The van der Waals surface area contributed by atoms with Gasteiger partial charge in [0.2, 0.25) is 17.7 Å². The SMILES string of the molecule is O=C(CSc1nc2ccc(N3C(=O)[C@@H]4[C@H](C3=O)[C@H]3C=C[C@H]4C3)cc2s1)NC12CC3CC(CC(C3)C1)C2. The van der Waals surface area contributed by atoms with Gasteiger partial charge in [-0.1, -0.05) is 23.9 Å². The van der Waals surface area contributed by atoms with Gasteiger partial charge in [-0.15, -0.1) is 11.3 Å². The van der Waals surface area contributed by atoms with Crippen molar-refractivity contribution in [2.45, 2.75) is 54.8 Å². The molecule has 6 fully saturated rings. The zero-order valence-corrected chi connectivity index (χ0v) is 21.7. The predicted molar refractivity (Wildman–Crippen MR) is 140 cm³/mol. The predicted octanol–water partition coefficient (Wildman–Crippen LogP) is 4.78. The van der Waals surface area contributed by atoms with Crippen molar-refractivity contribution in [3.63, 3.8) is 0 Å². The van der Waals surface area contributed by atoms with E-state index in [1.54, 1.807) is 0 Å². The van der Waals surface area contributed by atoms with Crippen LogP contribution in [0.15, 0.2) is 34.7 Å². The van der Waals surface area contributed by atoms with Crippen LogP contribution in [0, 0.1) is 41.4 Å². The van der Waals surface area contributed by atoms with Crippen LogP contribution in [0.3, 0.4) is 0 Å². The van der Waals surface area contributed by atoms with E-state index in [4.69, 9.17) is 4.98 Å². The molecule has 1 aliphatic heterocycles. The second-order valence-electron chi connectivity index (χ2n) is 12.2. The lowest BCUT2D eigenvalue weighted by atomic mass is 9.53. The molecule has 36 heavy (non-hydrogen) atoms. The van der Waals surface area contributed by atoms with E-state index in [0.717, 1.165) is 58.0 Å². The molecule has 186 valence electrons. The fraction of sp³-hybridized carbons (Fsp3) is 0.571. The highest BCUT2D eigenvalue weighted by Crippen LogP contribution is 2.56. The summed E-state index contributed by atoms with van der Waals surface area (Å²) in [5, 5.41) is 3.45. The Morgan fingerprint density at radius 2 is 1.64 bits per heavy atom. The van der Waals surface area contributed by atoms with Gasteiger partial charge in [-0.05, 0) is 92.7 Å². The monoisotopic (exact) mass is 519 g/mol. The molecule has 5 saturated carbocycles. The number of benzene rings is 1. The van der Waals surface area contributed by atoms with E-state index in [2.05, 4.69) is 17.5 Å². The molecule has 1 saturated heterocycles. The largest absolute Gasteiger partial charge is 0.350 e. The Morgan fingerprint density at radius 1 is 1.00 bits per heavy atom. The quantitative estimate of drug-likeness (QED) is 0.349. The van der Waals surface area contributed by atoms with E-state index in [9.17, 15) is 14.4 Å². The Bertz CT molecular complexity index is 1280. The van der Waals surface area contributed by atoms with Gasteiger partial charge >= 0.3 is 0 Å². The number of fused-ring (bicyclic) bond motifs is 6. The van der Waals surface area contributed by atoms with Crippen molar-refractivity contribution < 1.29 is 14.4 Å². The number of allylic oxidation sites excluding steroid dienone is 2. The summed E-state index contributed by atoms with van der Waals surface area (Å²) < 4.78 is 1.79. The molecule has 1 aromatic heterocycles. The highest BCUT2D eigenvalue weighted by molar-refractivity contribution is 8.01. The lowest BCUT2D eigenvalue weighted by Gasteiger charge is -2.56. The Kier molecular flexibility index (Phi) is 4.65. The minimum atomic E-state index is -0.191. The molecule has 8 heteroatoms. The maximum Gasteiger partial charge on any atom is 0.238 e. The molecule has 2 aromatic rings. The average molecular weight is 520 g/mol. The second kappa shape index (κ2) is 7.67. The summed E-state index contributed by atoms with van der Waals surface area (Å²) in [5.41, 5.74) is 1.52. The summed E-state index contributed by atoms with van der Waals surface area (Å²) in [6.07, 6.45) is 12.8. The number of anilines is 1. The van der Waals surface area contributed by atoms with Crippen molar-refractivity contribution in [2.75, 3.05) is 10.7 Å². The van der Waals surface area contributed by atoms with Gasteiger partial charge in [0.05, 0.1) is 33.5 Å². The van der Waals surface area contributed by atoms with Gasteiger partial charge < -0.3 is 5.32 Å². The summed E-state index contributed by atoms with van der Waals surface area (Å²) >= 11 is 3.01. The van der Waals surface area contributed by atoms with E-state index < -0.39 is 0 Å². The first-order valence-corrected chi connectivity index (χ1v) is 15.2. The van der Waals surface area contributed by atoms with Crippen molar-refractivity contribution in [2.24, 2.45) is 41.4 Å². The number of carbonyl (C=O) groups is 3. The highest BCUT2D eigenvalue weighted by Gasteiger charge is 2.59. The van der Waals surface area contributed by atoms with Crippen LogP contribution in [-0.4, -0.2) is 34.0 Å². The maximum atomic E-state index is 13.2. The topological polar surface area (TPSA) is 79.4 Å². The first-order chi connectivity index (χ1) is 17.4. The summed E-state index contributed by atoms with van der Waals surface area (Å²) in [4.78, 5) is 45.4. The number of aromatic nitrogens is 1. The number of hydrogen-bond acceptors (Lipinski definition) is 6. The van der Waals surface area contributed by atoms with Gasteiger partial charge in [0.25, 0.3) is 0 Å². The molecule has 7 aliphatic rings. The molecule has 6 aliphatic carbocycles. The van der Waals surface area contributed by atoms with E-state index in [0.29, 0.717) is 11.4 Å². The number of thiazole rings is 1. The summed E-state index contributed by atoms with van der Waals surface area (Å²) in [6.45, 7) is 0. The van der Waals surface area contributed by atoms with Gasteiger partial charge in [0.15, 0.2) is 4.34 Å². The van der Waals surface area contributed by atoms with Crippen LogP contribution in [0.5, 0.6) is 0 Å². The fourth-order valence-electron chi connectivity index (χ4n) is 8.97. The number of carbonyl (C=O) groups excluding carboxylic acids is 3. The first kappa shape index (κ1) is 21.9. The number of nitrogens with one attached hydrogen (secondary N) is 1. The molecule has 1 N–H and O–H groups in total. The molecule has 6 nitrogen and oxygen atoms in total.